The number of carbonyl (C=O) groups excluding carboxylic acids is 1. The molecular weight excluding hydrogens is 275 g/mol. The van der Waals surface area contributed by atoms with Crippen molar-refractivity contribution < 1.29 is 22.7 Å². The third-order valence-corrected chi connectivity index (χ3v) is 2.45. The molecule has 0 radical (unpaired) electrons. The van der Waals surface area contributed by atoms with Crippen molar-refractivity contribution in [2.45, 2.75) is 13.1 Å². The monoisotopic (exact) mass is 287 g/mol. The minimum atomic E-state index is -4.32. The van der Waals surface area contributed by atoms with Crippen molar-refractivity contribution in [2.24, 2.45) is 0 Å². The Morgan fingerprint density at radius 1 is 1.45 bits per heavy atom. The number of imidazole rings is 1. The highest BCUT2D eigenvalue weighted by molar-refractivity contribution is 5.93. The summed E-state index contributed by atoms with van der Waals surface area (Å²) < 4.78 is 41.1. The van der Waals surface area contributed by atoms with Gasteiger partial charge in [-0.25, -0.2) is 9.78 Å². The lowest BCUT2D eigenvalue weighted by atomic mass is 10.2. The van der Waals surface area contributed by atoms with Crippen LogP contribution in [0.4, 0.5) is 19.1 Å². The Balaban J connectivity index is 2.19. The zero-order chi connectivity index (χ0) is 14.8. The highest BCUT2D eigenvalue weighted by atomic mass is 19.4. The number of ether oxygens (including phenoxy) is 1. The molecule has 0 saturated heterocycles. The molecular formula is C12H12F3N3O2. The van der Waals surface area contributed by atoms with Gasteiger partial charge in [-0.2, -0.15) is 13.2 Å². The maximum atomic E-state index is 12.1. The molecule has 1 aromatic carbocycles. The number of alkyl halides is 3. The van der Waals surface area contributed by atoms with Crippen molar-refractivity contribution in [1.29, 1.82) is 0 Å². The molecule has 0 aliphatic heterocycles. The number of carbonyl (C=O) groups is 1. The number of nitrogens with one attached hydrogen (secondary N) is 2. The number of fused-ring (bicyclic) bond motifs is 1. The largest absolute Gasteiger partial charge is 0.462 e. The molecule has 0 amide bonds. The molecule has 0 saturated carbocycles. The van der Waals surface area contributed by atoms with E-state index in [-0.39, 0.29) is 12.6 Å². The van der Waals surface area contributed by atoms with E-state index in [0.29, 0.717) is 16.6 Å². The number of benzene rings is 1. The van der Waals surface area contributed by atoms with Crippen molar-refractivity contribution in [3.8, 4) is 0 Å². The van der Waals surface area contributed by atoms with Crippen molar-refractivity contribution in [3.63, 3.8) is 0 Å². The number of hydrogen-bond donors (Lipinski definition) is 2. The maximum absolute atomic E-state index is 12.1. The van der Waals surface area contributed by atoms with E-state index in [9.17, 15) is 18.0 Å². The quantitative estimate of drug-likeness (QED) is 0.848. The SMILES string of the molecule is CCOC(=O)c1ccc2nc(NCC(F)(F)F)[nH]c2c1. The van der Waals surface area contributed by atoms with Crippen LogP contribution in [0.1, 0.15) is 17.3 Å². The van der Waals surface area contributed by atoms with Gasteiger partial charge in [-0.15, -0.1) is 0 Å². The molecule has 0 atom stereocenters. The molecule has 20 heavy (non-hydrogen) atoms. The lowest BCUT2D eigenvalue weighted by molar-refractivity contribution is -0.115. The molecule has 0 fully saturated rings. The summed E-state index contributed by atoms with van der Waals surface area (Å²) >= 11 is 0. The molecule has 0 aliphatic carbocycles. The fourth-order valence-electron chi connectivity index (χ4n) is 1.62. The fraction of sp³-hybridized carbons (Fsp3) is 0.333. The fourth-order valence-corrected chi connectivity index (χ4v) is 1.62. The van der Waals surface area contributed by atoms with E-state index < -0.39 is 18.7 Å². The van der Waals surface area contributed by atoms with Crippen LogP contribution >= 0.6 is 0 Å². The Hall–Kier alpha value is -2.25. The molecule has 8 heteroatoms. The van der Waals surface area contributed by atoms with Gasteiger partial charge in [-0.05, 0) is 25.1 Å². The third kappa shape index (κ3) is 3.40. The standard InChI is InChI=1S/C12H12F3N3O2/c1-2-20-10(19)7-3-4-8-9(5-7)18-11(17-8)16-6-12(13,14)15/h3-5H,2,6H2,1H3,(H2,16,17,18). The van der Waals surface area contributed by atoms with Gasteiger partial charge in [0, 0.05) is 0 Å². The summed E-state index contributed by atoms with van der Waals surface area (Å²) in [6, 6.07) is 4.53. The number of H-pyrrole nitrogens is 1. The van der Waals surface area contributed by atoms with Gasteiger partial charge in [-0.1, -0.05) is 0 Å². The second-order valence-corrected chi connectivity index (χ2v) is 4.01. The van der Waals surface area contributed by atoms with Gasteiger partial charge in [0.1, 0.15) is 6.54 Å². The van der Waals surface area contributed by atoms with Crippen LogP contribution in [-0.4, -0.2) is 35.3 Å². The minimum absolute atomic E-state index is 0.00154. The Morgan fingerprint density at radius 2 is 2.20 bits per heavy atom. The van der Waals surface area contributed by atoms with Gasteiger partial charge in [-0.3, -0.25) is 0 Å². The minimum Gasteiger partial charge on any atom is -0.462 e. The van der Waals surface area contributed by atoms with Crippen molar-refractivity contribution in [3.05, 3.63) is 23.8 Å². The number of hydrogen-bond acceptors (Lipinski definition) is 4. The molecule has 0 unspecified atom stereocenters. The summed E-state index contributed by atoms with van der Waals surface area (Å²) in [5.41, 5.74) is 1.23. The lowest BCUT2D eigenvalue weighted by Gasteiger charge is -2.05. The van der Waals surface area contributed by atoms with Crippen LogP contribution in [0.3, 0.4) is 0 Å². The van der Waals surface area contributed by atoms with Crippen LogP contribution in [0, 0.1) is 0 Å². The van der Waals surface area contributed by atoms with Gasteiger partial charge in [0.05, 0.1) is 23.2 Å². The van der Waals surface area contributed by atoms with Crippen LogP contribution in [0.5, 0.6) is 0 Å². The molecule has 2 rings (SSSR count). The Morgan fingerprint density at radius 3 is 2.85 bits per heavy atom. The van der Waals surface area contributed by atoms with Gasteiger partial charge in [0.25, 0.3) is 0 Å². The van der Waals surface area contributed by atoms with E-state index in [4.69, 9.17) is 4.74 Å². The normalized spacial score (nSPS) is 11.6. The summed E-state index contributed by atoms with van der Waals surface area (Å²) in [7, 11) is 0. The zero-order valence-electron chi connectivity index (χ0n) is 10.5. The summed E-state index contributed by atoms with van der Waals surface area (Å²) in [4.78, 5) is 18.2. The van der Waals surface area contributed by atoms with E-state index in [1.807, 2.05) is 0 Å². The number of aromatic amines is 1. The smallest absolute Gasteiger partial charge is 0.405 e. The Labute approximate surface area is 112 Å². The first-order valence-electron chi connectivity index (χ1n) is 5.86. The number of anilines is 1. The van der Waals surface area contributed by atoms with E-state index in [0.717, 1.165) is 0 Å². The number of aromatic nitrogens is 2. The number of nitrogens with zero attached hydrogens (tertiary/aromatic N) is 1. The van der Waals surface area contributed by atoms with Crippen molar-refractivity contribution >= 4 is 23.0 Å². The van der Waals surface area contributed by atoms with Gasteiger partial charge < -0.3 is 15.0 Å². The average molecular weight is 287 g/mol. The van der Waals surface area contributed by atoms with E-state index >= 15 is 0 Å². The summed E-state index contributed by atoms with van der Waals surface area (Å²) in [6.45, 7) is 0.752. The first-order valence-corrected chi connectivity index (χ1v) is 5.86. The predicted octanol–water partition coefficient (Wildman–Crippen LogP) is 2.71. The highest BCUT2D eigenvalue weighted by Gasteiger charge is 2.27. The lowest BCUT2D eigenvalue weighted by Crippen LogP contribution is -2.21. The molecule has 0 bridgehead atoms. The second-order valence-electron chi connectivity index (χ2n) is 4.01. The molecule has 108 valence electrons. The topological polar surface area (TPSA) is 67.0 Å². The zero-order valence-corrected chi connectivity index (χ0v) is 10.5. The van der Waals surface area contributed by atoms with Crippen LogP contribution in [0.15, 0.2) is 18.2 Å². The molecule has 2 N–H and O–H groups in total. The molecule has 5 nitrogen and oxygen atoms in total. The number of rotatable bonds is 4. The Kier molecular flexibility index (Phi) is 3.82. The predicted molar refractivity (Wildman–Crippen MR) is 66.6 cm³/mol. The second kappa shape index (κ2) is 5.40. The van der Waals surface area contributed by atoms with E-state index in [2.05, 4.69) is 15.3 Å². The third-order valence-electron chi connectivity index (χ3n) is 2.45. The van der Waals surface area contributed by atoms with E-state index in [1.54, 1.807) is 6.92 Å². The maximum Gasteiger partial charge on any atom is 0.405 e. The summed E-state index contributed by atoms with van der Waals surface area (Å²) in [5.74, 6) is -0.493. The van der Waals surface area contributed by atoms with Crippen molar-refractivity contribution in [1.82, 2.24) is 9.97 Å². The van der Waals surface area contributed by atoms with Crippen molar-refractivity contribution in [2.75, 3.05) is 18.5 Å². The van der Waals surface area contributed by atoms with Crippen LogP contribution in [0.2, 0.25) is 0 Å². The molecule has 1 aromatic heterocycles. The summed E-state index contributed by atoms with van der Waals surface area (Å²) in [5, 5.41) is 2.14. The Bertz CT molecular complexity index is 622. The van der Waals surface area contributed by atoms with E-state index in [1.165, 1.54) is 18.2 Å². The number of halogens is 3. The van der Waals surface area contributed by atoms with Gasteiger partial charge in [0.2, 0.25) is 5.95 Å². The van der Waals surface area contributed by atoms with Crippen LogP contribution in [0.25, 0.3) is 11.0 Å². The molecule has 2 aromatic rings. The first-order chi connectivity index (χ1) is 9.39. The summed E-state index contributed by atoms with van der Waals surface area (Å²) in [6.07, 6.45) is -4.32. The molecule has 1 heterocycles. The van der Waals surface area contributed by atoms with Gasteiger partial charge >= 0.3 is 12.1 Å². The average Bonchev–Trinajstić information content (AvgIpc) is 2.77. The molecule has 0 spiro atoms. The van der Waals surface area contributed by atoms with Gasteiger partial charge in [0.15, 0.2) is 0 Å². The number of esters is 1. The molecule has 0 aliphatic rings. The highest BCUT2D eigenvalue weighted by Crippen LogP contribution is 2.19. The van der Waals surface area contributed by atoms with Crippen LogP contribution in [-0.2, 0) is 4.74 Å². The first kappa shape index (κ1) is 14.2. The van der Waals surface area contributed by atoms with Crippen LogP contribution < -0.4 is 5.32 Å².